The zero-order valence-corrected chi connectivity index (χ0v) is 17.4. The quantitative estimate of drug-likeness (QED) is 0.279. The lowest BCUT2D eigenvalue weighted by Crippen LogP contribution is -2.32. The van der Waals surface area contributed by atoms with Crippen molar-refractivity contribution >= 4 is 5.97 Å². The van der Waals surface area contributed by atoms with Crippen molar-refractivity contribution < 1.29 is 38.0 Å². The second kappa shape index (κ2) is 16.9. The van der Waals surface area contributed by atoms with Gasteiger partial charge in [0.1, 0.15) is 19.7 Å². The number of methoxy groups -OCH3 is 2. The average Bonchev–Trinajstić information content (AvgIpc) is 2.67. The van der Waals surface area contributed by atoms with E-state index in [1.807, 2.05) is 6.92 Å². The molecule has 0 saturated heterocycles. The number of esters is 1. The molecule has 0 aliphatic carbocycles. The summed E-state index contributed by atoms with van der Waals surface area (Å²) in [6, 6.07) is 0. The summed E-state index contributed by atoms with van der Waals surface area (Å²) in [4.78, 5) is 12.0. The molecule has 0 amide bonds. The fraction of sp³-hybridized carbons (Fsp3) is 0.850. The minimum absolute atomic E-state index is 0.0776. The van der Waals surface area contributed by atoms with E-state index in [0.29, 0.717) is 26.4 Å². The van der Waals surface area contributed by atoms with Gasteiger partial charge in [0, 0.05) is 20.3 Å². The van der Waals surface area contributed by atoms with Crippen LogP contribution in [0.3, 0.4) is 0 Å². The van der Waals surface area contributed by atoms with Crippen LogP contribution in [0.5, 0.6) is 0 Å². The van der Waals surface area contributed by atoms with E-state index in [2.05, 4.69) is 0 Å². The summed E-state index contributed by atoms with van der Waals surface area (Å²) in [7, 11) is 3.23. The van der Waals surface area contributed by atoms with Gasteiger partial charge in [-0.3, -0.25) is 0 Å². The molecule has 0 radical (unpaired) electrons. The Bertz CT molecular complexity index is 415. The van der Waals surface area contributed by atoms with E-state index in [1.54, 1.807) is 20.3 Å². The van der Waals surface area contributed by atoms with Gasteiger partial charge in [-0.1, -0.05) is 12.8 Å². The van der Waals surface area contributed by atoms with E-state index >= 15 is 0 Å². The molecule has 8 nitrogen and oxygen atoms in total. The third-order valence-corrected chi connectivity index (χ3v) is 4.28. The van der Waals surface area contributed by atoms with Crippen LogP contribution in [0.15, 0.2) is 12.2 Å². The number of carbonyl (C=O) groups excluding carboxylic acids is 1. The number of rotatable bonds is 12. The Morgan fingerprint density at radius 2 is 1.57 bits per heavy atom. The van der Waals surface area contributed by atoms with Crippen molar-refractivity contribution in [2.75, 3.05) is 54.2 Å². The fourth-order valence-electron chi connectivity index (χ4n) is 2.72. The minimum atomic E-state index is -0.448. The van der Waals surface area contributed by atoms with E-state index in [9.17, 15) is 4.79 Å². The number of carbonyl (C=O) groups is 1. The molecule has 0 spiro atoms. The molecule has 0 fully saturated rings. The molecule has 3 atom stereocenters. The normalized spacial score (nSPS) is 25.5. The van der Waals surface area contributed by atoms with Crippen molar-refractivity contribution in [3.05, 3.63) is 12.2 Å². The highest BCUT2D eigenvalue weighted by molar-refractivity contribution is 5.82. The monoisotopic (exact) mass is 404 g/mol. The molecular weight excluding hydrogens is 368 g/mol. The summed E-state index contributed by atoms with van der Waals surface area (Å²) in [6.45, 7) is 4.00. The average molecular weight is 405 g/mol. The Morgan fingerprint density at radius 3 is 2.25 bits per heavy atom. The van der Waals surface area contributed by atoms with Crippen LogP contribution in [0.25, 0.3) is 0 Å². The Balaban J connectivity index is 2.67. The molecule has 28 heavy (non-hydrogen) atoms. The third kappa shape index (κ3) is 12.4. The van der Waals surface area contributed by atoms with Crippen LogP contribution < -0.4 is 0 Å². The predicted molar refractivity (Wildman–Crippen MR) is 103 cm³/mol. The molecule has 0 bridgehead atoms. The first-order valence-electron chi connectivity index (χ1n) is 9.92. The van der Waals surface area contributed by atoms with Gasteiger partial charge in [0.2, 0.25) is 0 Å². The van der Waals surface area contributed by atoms with Gasteiger partial charge in [-0.15, -0.1) is 0 Å². The molecule has 0 aromatic heterocycles. The molecule has 0 aromatic rings. The third-order valence-electron chi connectivity index (χ3n) is 4.28. The van der Waals surface area contributed by atoms with Crippen molar-refractivity contribution in [2.24, 2.45) is 0 Å². The predicted octanol–water partition coefficient (Wildman–Crippen LogP) is 2.45. The highest BCUT2D eigenvalue weighted by atomic mass is 16.7. The van der Waals surface area contributed by atoms with Crippen LogP contribution in [0, 0.1) is 0 Å². The van der Waals surface area contributed by atoms with Gasteiger partial charge in [-0.05, 0) is 32.3 Å². The van der Waals surface area contributed by atoms with E-state index in [1.165, 1.54) is 6.08 Å². The van der Waals surface area contributed by atoms with E-state index < -0.39 is 6.10 Å². The van der Waals surface area contributed by atoms with Crippen molar-refractivity contribution in [3.63, 3.8) is 0 Å². The molecule has 1 heterocycles. The SMILES string of the molecule is COCCOCO[C@H]1CCCCC[C@@H](C)OC(=O)/C=C/[C@H]1OCOCCOC. The van der Waals surface area contributed by atoms with Crippen molar-refractivity contribution in [1.29, 1.82) is 0 Å². The molecule has 0 N–H and O–H groups in total. The number of hydrogen-bond donors (Lipinski definition) is 0. The van der Waals surface area contributed by atoms with Gasteiger partial charge in [0.25, 0.3) is 0 Å². The number of hydrogen-bond acceptors (Lipinski definition) is 8. The van der Waals surface area contributed by atoms with E-state index in [4.69, 9.17) is 33.2 Å². The lowest BCUT2D eigenvalue weighted by Gasteiger charge is -2.26. The highest BCUT2D eigenvalue weighted by Gasteiger charge is 2.22. The first-order chi connectivity index (χ1) is 13.7. The Morgan fingerprint density at radius 1 is 0.929 bits per heavy atom. The van der Waals surface area contributed by atoms with Crippen LogP contribution in [0.2, 0.25) is 0 Å². The minimum Gasteiger partial charge on any atom is -0.460 e. The smallest absolute Gasteiger partial charge is 0.330 e. The second-order valence-corrected chi connectivity index (χ2v) is 6.62. The summed E-state index contributed by atoms with van der Waals surface area (Å²) in [5, 5.41) is 0. The van der Waals surface area contributed by atoms with E-state index in [0.717, 1.165) is 32.1 Å². The molecule has 1 aliphatic rings. The summed E-state index contributed by atoms with van der Waals surface area (Å²) < 4.78 is 37.8. The molecular formula is C20H36O8. The van der Waals surface area contributed by atoms with Crippen LogP contribution in [-0.4, -0.2) is 78.5 Å². The lowest BCUT2D eigenvalue weighted by atomic mass is 10.0. The molecule has 0 aromatic carbocycles. The maximum Gasteiger partial charge on any atom is 0.330 e. The Labute approximate surface area is 168 Å². The van der Waals surface area contributed by atoms with Crippen molar-refractivity contribution in [1.82, 2.24) is 0 Å². The molecule has 164 valence electrons. The van der Waals surface area contributed by atoms with Gasteiger partial charge < -0.3 is 33.2 Å². The molecule has 0 unspecified atom stereocenters. The Hall–Kier alpha value is -1.03. The van der Waals surface area contributed by atoms with Crippen LogP contribution in [-0.2, 0) is 38.0 Å². The molecule has 1 rings (SSSR count). The molecule has 1 aliphatic heterocycles. The summed E-state index contributed by atoms with van der Waals surface area (Å²) in [5.74, 6) is -0.378. The zero-order valence-electron chi connectivity index (χ0n) is 17.4. The van der Waals surface area contributed by atoms with Crippen LogP contribution in [0.1, 0.15) is 39.0 Å². The van der Waals surface area contributed by atoms with Crippen LogP contribution >= 0.6 is 0 Å². The molecule has 0 saturated carbocycles. The first kappa shape index (κ1) is 25.0. The highest BCUT2D eigenvalue weighted by Crippen LogP contribution is 2.18. The summed E-state index contributed by atoms with van der Waals surface area (Å²) in [5.41, 5.74) is 0. The summed E-state index contributed by atoms with van der Waals surface area (Å²) >= 11 is 0. The van der Waals surface area contributed by atoms with Gasteiger partial charge >= 0.3 is 5.97 Å². The van der Waals surface area contributed by atoms with Gasteiger partial charge in [-0.2, -0.15) is 0 Å². The van der Waals surface area contributed by atoms with Gasteiger partial charge in [-0.25, -0.2) is 4.79 Å². The first-order valence-corrected chi connectivity index (χ1v) is 9.92. The fourth-order valence-corrected chi connectivity index (χ4v) is 2.72. The van der Waals surface area contributed by atoms with Gasteiger partial charge in [0.05, 0.1) is 38.6 Å². The van der Waals surface area contributed by atoms with E-state index in [-0.39, 0.29) is 31.8 Å². The largest absolute Gasteiger partial charge is 0.460 e. The lowest BCUT2D eigenvalue weighted by molar-refractivity contribution is -0.161. The summed E-state index contributed by atoms with van der Waals surface area (Å²) in [6.07, 6.45) is 6.97. The van der Waals surface area contributed by atoms with Gasteiger partial charge in [0.15, 0.2) is 0 Å². The maximum atomic E-state index is 12.0. The van der Waals surface area contributed by atoms with Crippen molar-refractivity contribution in [3.8, 4) is 0 Å². The van der Waals surface area contributed by atoms with Crippen LogP contribution in [0.4, 0.5) is 0 Å². The number of cyclic esters (lactones) is 1. The topological polar surface area (TPSA) is 81.7 Å². The number of ether oxygens (including phenoxy) is 7. The standard InChI is InChI=1S/C20H36O8/c1-17-7-5-4-6-8-18(26-15-24-13-11-22-2)19(9-10-20(21)28-17)27-16-25-14-12-23-3/h9-10,17-19H,4-8,11-16H2,1-3H3/b10-9+/t17-,18+,19-/m1/s1. The zero-order chi connectivity index (χ0) is 20.5. The van der Waals surface area contributed by atoms with Crippen molar-refractivity contribution in [2.45, 2.75) is 57.3 Å². The maximum absolute atomic E-state index is 12.0. The molecule has 8 heteroatoms. The Kier molecular flexibility index (Phi) is 15.1. The second-order valence-electron chi connectivity index (χ2n) is 6.62.